The average molecular weight is 901 g/mol. The van der Waals surface area contributed by atoms with Crippen molar-refractivity contribution < 1.29 is 0 Å². The maximum absolute atomic E-state index is 2.94. The highest BCUT2D eigenvalue weighted by Gasteiger charge is 2.52. The van der Waals surface area contributed by atoms with Crippen molar-refractivity contribution in [2.24, 2.45) is 0 Å². The number of hydrogen-bond acceptors (Lipinski definition) is 2. The number of nitrogens with zero attached hydrogens (tertiary/aromatic N) is 2. The minimum atomic E-state index is -2.94. The molecule has 2 nitrogen and oxygen atoms in total. The Bertz CT molecular complexity index is 2810. The summed E-state index contributed by atoms with van der Waals surface area (Å²) in [6.45, 7) is 9.41. The second-order valence-electron chi connectivity index (χ2n) is 18.0. The van der Waals surface area contributed by atoms with E-state index in [4.69, 9.17) is 0 Å². The Balaban J connectivity index is 1.16. The van der Waals surface area contributed by atoms with Crippen LogP contribution in [0.4, 0.5) is 34.1 Å². The predicted molar refractivity (Wildman–Crippen MR) is 262 cm³/mol. The van der Waals surface area contributed by atoms with E-state index < -0.39 is 8.07 Å². The molecule has 1 atom stereocenters. The maximum atomic E-state index is 2.67. The molecule has 4 heteroatoms. The van der Waals surface area contributed by atoms with Crippen LogP contribution in [0.3, 0.4) is 0 Å². The van der Waals surface area contributed by atoms with Gasteiger partial charge in [0.1, 0.15) is 0 Å². The van der Waals surface area contributed by atoms with E-state index in [1.54, 1.807) is 5.19 Å². The Morgan fingerprint density at radius 3 is 1.32 bits per heavy atom. The summed E-state index contributed by atoms with van der Waals surface area (Å²) in [5.41, 5.74) is 20.0. The molecule has 0 aliphatic carbocycles. The highest BCUT2D eigenvalue weighted by Crippen LogP contribution is 2.55. The smallest absolute Gasteiger partial charge is 0.180 e. The fourth-order valence-electron chi connectivity index (χ4n) is 11.7. The minimum absolute atomic E-state index is 0.122. The molecule has 290 valence electrons. The van der Waals surface area contributed by atoms with Crippen LogP contribution in [0, 0.1) is 6.92 Å². The fraction of sp³-hybridized carbons (Fsp3) is 0.143. The number of rotatable bonds is 3. The first-order chi connectivity index (χ1) is 29.2. The zero-order valence-corrected chi connectivity index (χ0v) is 37.6. The Labute approximate surface area is 368 Å². The molecule has 4 aliphatic rings. The Morgan fingerprint density at radius 2 is 0.850 bits per heavy atom. The van der Waals surface area contributed by atoms with Crippen LogP contribution in [0.15, 0.2) is 176 Å². The molecule has 0 spiro atoms. The summed E-state index contributed by atoms with van der Waals surface area (Å²) < 4.78 is -0.152. The Morgan fingerprint density at radius 1 is 0.450 bits per heavy atom. The molecule has 12 rings (SSSR count). The van der Waals surface area contributed by atoms with E-state index in [1.807, 2.05) is 0 Å². The molecule has 4 aliphatic heterocycles. The quantitative estimate of drug-likeness (QED) is 0.0990. The zero-order chi connectivity index (χ0) is 40.5. The fourth-order valence-corrected chi connectivity index (χ4v) is 18.4. The number of anilines is 6. The third kappa shape index (κ3) is 4.86. The van der Waals surface area contributed by atoms with Crippen LogP contribution in [0.25, 0.3) is 0 Å². The standard InChI is InChI=1S/C56H45IN2Si/c1-36-30-39-32-37-26-28-41(58-48-22-12-8-18-44(48)55(2,3)45-19-9-13-23-49(45)58)34-52(37)60(43-16-6-5-7-17-43)53-35-42(29-27-38(53)33-40(31-36)54(39)60)59-50-24-14-10-20-46(50)56(4,57)47-21-11-15-25-51(47)59/h5-31,34-35H,32-33H2,1-4H3. The molecule has 0 aromatic heterocycles. The maximum Gasteiger partial charge on any atom is 0.180 e. The van der Waals surface area contributed by atoms with E-state index in [2.05, 4.69) is 236 Å². The molecule has 0 radical (unpaired) electrons. The van der Waals surface area contributed by atoms with Crippen LogP contribution in [-0.4, -0.2) is 8.07 Å². The molecule has 1 unspecified atom stereocenters. The Hall–Kier alpha value is -5.69. The predicted octanol–water partition coefficient (Wildman–Crippen LogP) is 11.8. The van der Waals surface area contributed by atoms with Gasteiger partial charge in [-0.3, -0.25) is 0 Å². The number of alkyl halides is 1. The summed E-state index contributed by atoms with van der Waals surface area (Å²) >= 11 is 2.67. The summed E-state index contributed by atoms with van der Waals surface area (Å²) in [4.78, 5) is 5.10. The molecular formula is C56H45IN2Si. The summed E-state index contributed by atoms with van der Waals surface area (Å²) in [5.74, 6) is 0. The first kappa shape index (κ1) is 36.2. The van der Waals surface area contributed by atoms with E-state index >= 15 is 0 Å². The zero-order valence-electron chi connectivity index (χ0n) is 34.4. The molecule has 0 saturated heterocycles. The van der Waals surface area contributed by atoms with Gasteiger partial charge in [0.25, 0.3) is 0 Å². The van der Waals surface area contributed by atoms with E-state index in [-0.39, 0.29) is 8.84 Å². The first-order valence-corrected chi connectivity index (χ1v) is 24.4. The molecule has 0 fully saturated rings. The monoisotopic (exact) mass is 900 g/mol. The third-order valence-corrected chi connectivity index (χ3v) is 20.5. The van der Waals surface area contributed by atoms with Gasteiger partial charge in [0, 0.05) is 16.8 Å². The lowest BCUT2D eigenvalue weighted by molar-refractivity contribution is 0.632. The molecule has 0 N–H and O–H groups in total. The van der Waals surface area contributed by atoms with Crippen molar-refractivity contribution in [2.75, 3.05) is 9.80 Å². The van der Waals surface area contributed by atoms with Gasteiger partial charge in [-0.1, -0.05) is 169 Å². The van der Waals surface area contributed by atoms with E-state index in [0.29, 0.717) is 0 Å². The number of aryl methyl sites for hydroxylation is 1. The van der Waals surface area contributed by atoms with Gasteiger partial charge in [-0.2, -0.15) is 0 Å². The van der Waals surface area contributed by atoms with Crippen LogP contribution in [-0.2, 0) is 21.7 Å². The normalized spacial score (nSPS) is 18.2. The van der Waals surface area contributed by atoms with Crippen LogP contribution in [0.1, 0.15) is 70.8 Å². The van der Waals surface area contributed by atoms with Gasteiger partial charge >= 0.3 is 0 Å². The van der Waals surface area contributed by atoms with Crippen molar-refractivity contribution in [3.63, 3.8) is 0 Å². The number of para-hydroxylation sites is 4. The second kappa shape index (κ2) is 12.9. The minimum Gasteiger partial charge on any atom is -0.310 e. The van der Waals surface area contributed by atoms with Crippen molar-refractivity contribution in [3.05, 3.63) is 226 Å². The van der Waals surface area contributed by atoms with Gasteiger partial charge in [0.15, 0.2) is 8.07 Å². The Kier molecular flexibility index (Phi) is 7.78. The summed E-state index contributed by atoms with van der Waals surface area (Å²) in [6, 6.07) is 67.9. The van der Waals surface area contributed by atoms with E-state index in [0.717, 1.165) is 12.8 Å². The highest BCUT2D eigenvalue weighted by molar-refractivity contribution is 14.1. The first-order valence-electron chi connectivity index (χ1n) is 21.3. The lowest BCUT2D eigenvalue weighted by atomic mass is 9.73. The number of hydrogen-bond donors (Lipinski definition) is 0. The highest BCUT2D eigenvalue weighted by atomic mass is 127. The lowest BCUT2D eigenvalue weighted by Gasteiger charge is -2.47. The van der Waals surface area contributed by atoms with Gasteiger partial charge in [-0.15, -0.1) is 0 Å². The van der Waals surface area contributed by atoms with Gasteiger partial charge < -0.3 is 9.80 Å². The van der Waals surface area contributed by atoms with Crippen molar-refractivity contribution in [1.82, 2.24) is 0 Å². The van der Waals surface area contributed by atoms with Gasteiger partial charge in [0.05, 0.1) is 26.2 Å². The summed E-state index contributed by atoms with van der Waals surface area (Å²) in [5, 5.41) is 6.09. The third-order valence-electron chi connectivity index (χ3n) is 14.2. The van der Waals surface area contributed by atoms with E-state index in [1.165, 1.54) is 99.8 Å². The molecule has 0 amide bonds. The SMILES string of the molecule is Cc1cc2c3c(c1)Cc1ccc(N4c5ccccc5C(C)(I)c5ccccc54)cc1[Si]3(c1ccccc1)c1cc(N3c4ccccc4C(C)(C)c4ccccc43)ccc1C2. The molecule has 8 aromatic rings. The molecule has 4 heterocycles. The van der Waals surface area contributed by atoms with Crippen molar-refractivity contribution in [2.45, 2.75) is 49.4 Å². The molecular weight excluding hydrogens is 856 g/mol. The van der Waals surface area contributed by atoms with Crippen molar-refractivity contribution in [1.29, 1.82) is 0 Å². The largest absolute Gasteiger partial charge is 0.310 e. The molecule has 0 bridgehead atoms. The topological polar surface area (TPSA) is 6.48 Å². The van der Waals surface area contributed by atoms with Gasteiger partial charge in [0.2, 0.25) is 0 Å². The molecule has 8 aromatic carbocycles. The number of fused-ring (bicyclic) bond motifs is 8. The number of halogens is 1. The summed E-state index contributed by atoms with van der Waals surface area (Å²) in [6.07, 6.45) is 1.88. The molecule has 0 saturated carbocycles. The summed E-state index contributed by atoms with van der Waals surface area (Å²) in [7, 11) is -2.94. The lowest BCUT2D eigenvalue weighted by Crippen LogP contribution is -2.80. The van der Waals surface area contributed by atoms with Crippen LogP contribution in [0.5, 0.6) is 0 Å². The molecule has 60 heavy (non-hydrogen) atoms. The van der Waals surface area contributed by atoms with E-state index in [9.17, 15) is 0 Å². The number of benzene rings is 8. The van der Waals surface area contributed by atoms with Crippen LogP contribution < -0.4 is 30.5 Å². The van der Waals surface area contributed by atoms with Crippen molar-refractivity contribution >= 4 is 85.5 Å². The second-order valence-corrected chi connectivity index (χ2v) is 23.8. The van der Waals surface area contributed by atoms with Crippen LogP contribution >= 0.6 is 22.6 Å². The van der Waals surface area contributed by atoms with Gasteiger partial charge in [-0.05, 0) is 140 Å². The average Bonchev–Trinajstić information content (AvgIpc) is 3.27. The van der Waals surface area contributed by atoms with Crippen LogP contribution in [0.2, 0.25) is 0 Å². The van der Waals surface area contributed by atoms with Crippen molar-refractivity contribution in [3.8, 4) is 0 Å². The van der Waals surface area contributed by atoms with Gasteiger partial charge in [-0.25, -0.2) is 0 Å².